The first-order chi connectivity index (χ1) is 19.5. The number of amides is 1. The molecular formula is C24H26FN8O7P. The van der Waals surface area contributed by atoms with Gasteiger partial charge in [-0.25, -0.2) is 18.9 Å². The molecule has 17 heteroatoms. The molecule has 1 fully saturated rings. The van der Waals surface area contributed by atoms with E-state index in [4.69, 9.17) is 9.47 Å². The smallest absolute Gasteiger partial charge is 0.474 e. The van der Waals surface area contributed by atoms with E-state index in [0.29, 0.717) is 18.9 Å². The number of carbonyl (C=O) groups excluding carboxylic acids is 1. The Labute approximate surface area is 233 Å². The van der Waals surface area contributed by atoms with Crippen LogP contribution in [0, 0.1) is 10.7 Å². The zero-order chi connectivity index (χ0) is 29.2. The highest BCUT2D eigenvalue weighted by Gasteiger charge is 2.43. The van der Waals surface area contributed by atoms with Crippen LogP contribution >= 0.6 is 7.75 Å². The number of fused-ring (bicyclic) bond motifs is 1. The minimum absolute atomic E-state index is 0.0592. The molecule has 0 saturated carbocycles. The third-order valence-corrected chi connectivity index (χ3v) is 6.83. The van der Waals surface area contributed by atoms with E-state index in [9.17, 15) is 23.6 Å². The summed E-state index contributed by atoms with van der Waals surface area (Å²) in [5, 5.41) is 5.77. The topological polar surface area (TPSA) is 181 Å². The first-order valence-corrected chi connectivity index (χ1v) is 13.9. The number of benzene rings is 1. The summed E-state index contributed by atoms with van der Waals surface area (Å²) in [6, 6.07) is 10.6. The van der Waals surface area contributed by atoms with Crippen molar-refractivity contribution in [2.75, 3.05) is 53.5 Å². The van der Waals surface area contributed by atoms with E-state index in [2.05, 4.69) is 35.0 Å². The van der Waals surface area contributed by atoms with Crippen molar-refractivity contribution in [3.05, 3.63) is 53.3 Å². The van der Waals surface area contributed by atoms with E-state index >= 15 is 0 Å². The Balaban J connectivity index is 1.34. The van der Waals surface area contributed by atoms with E-state index in [1.165, 1.54) is 26.0 Å². The molecule has 216 valence electrons. The number of nitrogens with zero attached hydrogens (tertiary/aromatic N) is 6. The number of halogens is 1. The number of anilines is 6. The van der Waals surface area contributed by atoms with Crippen molar-refractivity contribution in [1.82, 2.24) is 15.0 Å². The van der Waals surface area contributed by atoms with Crippen molar-refractivity contribution in [3.63, 3.8) is 0 Å². The predicted octanol–water partition coefficient (Wildman–Crippen LogP) is 3.68. The van der Waals surface area contributed by atoms with E-state index in [0.717, 1.165) is 29.9 Å². The number of carbonyl (C=O) groups is 1. The Kier molecular flexibility index (Phi) is 7.82. The van der Waals surface area contributed by atoms with Gasteiger partial charge in [0.25, 0.3) is 5.91 Å². The highest BCUT2D eigenvalue weighted by Crippen LogP contribution is 2.45. The summed E-state index contributed by atoms with van der Waals surface area (Å²) in [4.78, 5) is 50.5. The van der Waals surface area contributed by atoms with Gasteiger partial charge in [0.1, 0.15) is 12.5 Å². The van der Waals surface area contributed by atoms with Crippen LogP contribution in [0.5, 0.6) is 5.75 Å². The highest BCUT2D eigenvalue weighted by atomic mass is 31.2. The molecule has 3 aromatic rings. The molecule has 0 bridgehead atoms. The van der Waals surface area contributed by atoms with Crippen LogP contribution in [0.4, 0.5) is 39.2 Å². The molecule has 2 aliphatic heterocycles. The average Bonchev–Trinajstić information content (AvgIpc) is 2.96. The van der Waals surface area contributed by atoms with Gasteiger partial charge in [-0.3, -0.25) is 14.2 Å². The van der Waals surface area contributed by atoms with Crippen LogP contribution < -0.4 is 25.2 Å². The number of pyridine rings is 1. The Morgan fingerprint density at radius 2 is 1.88 bits per heavy atom. The maximum absolute atomic E-state index is 14.7. The molecule has 1 atom stereocenters. The maximum atomic E-state index is 14.7. The third-order valence-electron chi connectivity index (χ3n) is 6.17. The number of morpholine rings is 1. The zero-order valence-corrected chi connectivity index (χ0v) is 22.9. The molecule has 1 saturated heterocycles. The summed E-state index contributed by atoms with van der Waals surface area (Å²) in [6.45, 7) is 5.11. The zero-order valence-electron chi connectivity index (χ0n) is 22.0. The lowest BCUT2D eigenvalue weighted by molar-refractivity contribution is -0.133. The number of nitroso groups, excluding NO2 is 1. The SMILES string of the molecule is CC1(C)Oc2ccc(Nc3nc(Nc4ccc(N5CCOCC5)cc4)ncc3F)nc2N(COP(=O)(O)N=O)C1=O. The normalized spacial score (nSPS) is 17.7. The Morgan fingerprint density at radius 3 is 2.59 bits per heavy atom. The molecule has 41 heavy (non-hydrogen) atoms. The second-order valence-electron chi connectivity index (χ2n) is 9.48. The fourth-order valence-corrected chi connectivity index (χ4v) is 4.45. The standard InChI is InChI=1S/C24H26FN8O7P/c1-24(2)22(34)33(14-39-41(36,37)31-35)21-18(40-24)7-8-19(29-21)28-20-17(25)13-26-23(30-20)27-15-3-5-16(6-4-15)32-9-11-38-12-10-32/h3-8,13H,9-12,14H2,1-2H3,(H,36,37)(H2,26,27,28,29,30). The molecule has 2 aliphatic rings. The van der Waals surface area contributed by atoms with E-state index < -0.39 is 31.8 Å². The summed E-state index contributed by atoms with van der Waals surface area (Å²) in [6.07, 6.45) is 0.985. The van der Waals surface area contributed by atoms with Crippen molar-refractivity contribution >= 4 is 48.4 Å². The van der Waals surface area contributed by atoms with Gasteiger partial charge in [0.2, 0.25) is 5.95 Å². The Bertz CT molecular complexity index is 1500. The number of hydrogen-bond donors (Lipinski definition) is 3. The van der Waals surface area contributed by atoms with Crippen LogP contribution in [0.1, 0.15) is 13.8 Å². The van der Waals surface area contributed by atoms with Gasteiger partial charge in [0.05, 0.1) is 19.4 Å². The van der Waals surface area contributed by atoms with Crippen LogP contribution in [0.2, 0.25) is 0 Å². The van der Waals surface area contributed by atoms with Crippen molar-refractivity contribution in [1.29, 1.82) is 0 Å². The number of hydrogen-bond acceptors (Lipinski definition) is 12. The van der Waals surface area contributed by atoms with Crippen LogP contribution in [-0.4, -0.2) is 64.4 Å². The average molecular weight is 588 g/mol. The van der Waals surface area contributed by atoms with Crippen molar-refractivity contribution in [2.45, 2.75) is 19.4 Å². The van der Waals surface area contributed by atoms with Crippen LogP contribution in [0.25, 0.3) is 0 Å². The lowest BCUT2D eigenvalue weighted by Gasteiger charge is -2.37. The van der Waals surface area contributed by atoms with Gasteiger partial charge in [0.15, 0.2) is 28.8 Å². The number of aromatic nitrogens is 3. The highest BCUT2D eigenvalue weighted by molar-refractivity contribution is 7.51. The van der Waals surface area contributed by atoms with Crippen molar-refractivity contribution in [3.8, 4) is 5.75 Å². The summed E-state index contributed by atoms with van der Waals surface area (Å²) in [7, 11) is -4.83. The second-order valence-corrected chi connectivity index (χ2v) is 10.9. The molecule has 0 aliphatic carbocycles. The molecule has 1 amide bonds. The van der Waals surface area contributed by atoms with E-state index in [1.807, 2.05) is 29.2 Å². The summed E-state index contributed by atoms with van der Waals surface area (Å²) in [5.74, 6) is -1.44. The molecule has 3 N–H and O–H groups in total. The molecule has 0 spiro atoms. The fraction of sp³-hybridized carbons (Fsp3) is 0.333. The molecule has 1 unspecified atom stereocenters. The van der Waals surface area contributed by atoms with Gasteiger partial charge < -0.3 is 29.9 Å². The van der Waals surface area contributed by atoms with Gasteiger partial charge in [-0.05, 0) is 50.2 Å². The van der Waals surface area contributed by atoms with E-state index in [-0.39, 0.29) is 29.2 Å². The lowest BCUT2D eigenvalue weighted by Crippen LogP contribution is -2.53. The minimum atomic E-state index is -4.83. The number of nitrogens with one attached hydrogen (secondary N) is 2. The molecule has 0 radical (unpaired) electrons. The predicted molar refractivity (Wildman–Crippen MR) is 146 cm³/mol. The maximum Gasteiger partial charge on any atom is 0.488 e. The van der Waals surface area contributed by atoms with Gasteiger partial charge in [0, 0.05) is 29.4 Å². The summed E-state index contributed by atoms with van der Waals surface area (Å²) < 4.78 is 42.0. The first kappa shape index (κ1) is 28.3. The first-order valence-electron chi connectivity index (χ1n) is 12.4. The van der Waals surface area contributed by atoms with Gasteiger partial charge in [-0.15, -0.1) is 4.91 Å². The van der Waals surface area contributed by atoms with Crippen molar-refractivity contribution in [2.24, 2.45) is 4.95 Å². The van der Waals surface area contributed by atoms with Crippen LogP contribution in [0.15, 0.2) is 47.5 Å². The fourth-order valence-electron chi connectivity index (χ4n) is 4.14. The number of rotatable bonds is 9. The van der Waals surface area contributed by atoms with Crippen LogP contribution in [-0.2, 0) is 18.6 Å². The Morgan fingerprint density at radius 1 is 1.15 bits per heavy atom. The summed E-state index contributed by atoms with van der Waals surface area (Å²) in [5.41, 5.74) is 0.362. The van der Waals surface area contributed by atoms with Gasteiger partial charge in [-0.1, -0.05) is 0 Å². The molecule has 15 nitrogen and oxygen atoms in total. The number of ether oxygens (including phenoxy) is 2. The Hall–Kier alpha value is -4.24. The monoisotopic (exact) mass is 588 g/mol. The summed E-state index contributed by atoms with van der Waals surface area (Å²) >= 11 is 0. The molecule has 2 aromatic heterocycles. The van der Waals surface area contributed by atoms with Gasteiger partial charge >= 0.3 is 7.75 Å². The molecule has 4 heterocycles. The molecular weight excluding hydrogens is 562 g/mol. The van der Waals surface area contributed by atoms with Crippen molar-refractivity contribution < 1.29 is 32.6 Å². The molecule has 1 aromatic carbocycles. The minimum Gasteiger partial charge on any atom is -0.474 e. The van der Waals surface area contributed by atoms with E-state index in [1.54, 1.807) is 0 Å². The lowest BCUT2D eigenvalue weighted by atomic mass is 10.1. The second kappa shape index (κ2) is 11.3. The quantitative estimate of drug-likeness (QED) is 0.243. The van der Waals surface area contributed by atoms with Gasteiger partial charge in [-0.2, -0.15) is 4.98 Å². The largest absolute Gasteiger partial charge is 0.488 e. The van der Waals surface area contributed by atoms with Crippen LogP contribution in [0.3, 0.4) is 0 Å². The third kappa shape index (κ3) is 6.41. The molecule has 5 rings (SSSR count).